The van der Waals surface area contributed by atoms with Gasteiger partial charge in [0.1, 0.15) is 102 Å². The molecule has 4 aliphatic rings. The van der Waals surface area contributed by atoms with Gasteiger partial charge in [0.25, 0.3) is 0 Å². The van der Waals surface area contributed by atoms with Crippen LogP contribution in [0.15, 0.2) is 84.0 Å². The summed E-state index contributed by atoms with van der Waals surface area (Å²) >= 11 is 1.87. The molecule has 4 aromatic rings. The summed E-state index contributed by atoms with van der Waals surface area (Å²) in [5, 5.41) is 141. The minimum absolute atomic E-state index is 0.0800. The standard InChI is InChI=1S/C71H97IN10O23S2/c1-34(55-51(88)25-70(4,5)26-52(55)89)73-20-12-11-17-43-62(95)82-56(36(3)86)68(101)81-49(67(100)79-47(28-83)35(2)85)32-107-106-31-48(66(99)77-45(23-38-18-19-50(87)41(72)21-38)64(97)78-46(65(98)76-43)24-39-27-74-42-16-10-9-15-40(39)42)80-63(96)44(22-37-13-7-6-8-14-37)75-33-71(102)61(94)60(53(90)30-103-71)105-69-59(93)58(92)57(91)54(29-84)104-69/h6-10,13-16,18-19,21,27,35-36,43-49,53-61,69,74-75,83-87,90-94,102H,11-12,17,20,22-26,28-33H2,1-5H3,(H,76,98)(H,77,99)(H,78,97)(H,79,100)(H,80,96)(H,81,101)(H,82,95)/t35-,36-,43+,44-,45+,46-,47+,48+,49+,53-,54-,56+,57-,58+,59-,60-,61+,69-,71-/m1/s1. The number of para-hydroxylation sites is 1. The molecule has 0 unspecified atom stereocenters. The number of carbonyl (C=O) groups is 9. The van der Waals surface area contributed by atoms with Crippen molar-refractivity contribution in [3.8, 4) is 5.75 Å². The lowest BCUT2D eigenvalue weighted by molar-refractivity contribution is -0.367. The zero-order valence-electron chi connectivity index (χ0n) is 59.5. The third kappa shape index (κ3) is 23.1. The van der Waals surface area contributed by atoms with Gasteiger partial charge in [-0.2, -0.15) is 0 Å². The minimum Gasteiger partial charge on any atom is -0.507 e. The topological polar surface area (TPSA) is 528 Å². The van der Waals surface area contributed by atoms with E-state index in [-0.39, 0.29) is 75.2 Å². The summed E-state index contributed by atoms with van der Waals surface area (Å²) in [7, 11) is 1.73. The van der Waals surface area contributed by atoms with Gasteiger partial charge in [-0.1, -0.05) is 90.0 Å². The van der Waals surface area contributed by atoms with Gasteiger partial charge >= 0.3 is 0 Å². The van der Waals surface area contributed by atoms with Gasteiger partial charge in [0.05, 0.1) is 54.2 Å². The molecule has 1 aliphatic carbocycles. The molecule has 4 fully saturated rings. The van der Waals surface area contributed by atoms with Crippen molar-refractivity contribution in [3.05, 3.63) is 99.3 Å². The molecule has 7 amide bonds. The lowest BCUT2D eigenvalue weighted by atomic mass is 9.70. The predicted molar refractivity (Wildman–Crippen MR) is 397 cm³/mol. The molecular formula is C71H97IN10O23S2. The van der Waals surface area contributed by atoms with Crippen LogP contribution in [0.4, 0.5) is 0 Å². The van der Waals surface area contributed by atoms with Crippen LogP contribution < -0.4 is 42.5 Å². The van der Waals surface area contributed by atoms with E-state index in [2.05, 4.69) is 52.5 Å². The van der Waals surface area contributed by atoms with E-state index in [0.717, 1.165) is 21.6 Å². The number of aliphatic hydroxyl groups excluding tert-OH is 9. The van der Waals surface area contributed by atoms with Crippen molar-refractivity contribution in [2.75, 3.05) is 44.4 Å². The number of halogens is 1. The van der Waals surface area contributed by atoms with Gasteiger partial charge in [-0.3, -0.25) is 48.1 Å². The van der Waals surface area contributed by atoms with Gasteiger partial charge < -0.3 is 118 Å². The lowest BCUT2D eigenvalue weighted by Gasteiger charge is -2.47. The molecule has 0 bridgehead atoms. The second kappa shape index (κ2) is 39.2. The molecule has 3 saturated heterocycles. The monoisotopic (exact) mass is 1650 g/mol. The van der Waals surface area contributed by atoms with Gasteiger partial charge in [0.2, 0.25) is 47.1 Å². The van der Waals surface area contributed by atoms with Gasteiger partial charge in [-0.05, 0) is 109 Å². The highest BCUT2D eigenvalue weighted by atomic mass is 127. The Labute approximate surface area is 638 Å². The number of benzene rings is 3. The van der Waals surface area contributed by atoms with Gasteiger partial charge in [0, 0.05) is 66.5 Å². The van der Waals surface area contributed by atoms with Crippen LogP contribution in [-0.4, -0.2) is 280 Å². The van der Waals surface area contributed by atoms with E-state index in [0.29, 0.717) is 36.9 Å². The van der Waals surface area contributed by atoms with Crippen LogP contribution in [0.3, 0.4) is 0 Å². The lowest BCUT2D eigenvalue weighted by Crippen LogP contribution is -2.68. The number of aromatic hydroxyl groups is 1. The number of aromatic nitrogens is 1. The molecule has 20 N–H and O–H groups in total. The van der Waals surface area contributed by atoms with Crippen molar-refractivity contribution in [1.82, 2.24) is 47.5 Å². The van der Waals surface area contributed by atoms with Crippen molar-refractivity contribution < 1.29 is 114 Å². The van der Waals surface area contributed by atoms with Gasteiger partial charge in [-0.15, -0.1) is 0 Å². The van der Waals surface area contributed by atoms with Crippen LogP contribution in [-0.2, 0) is 76.6 Å². The summed E-state index contributed by atoms with van der Waals surface area (Å²) in [6, 6.07) is 7.05. The highest BCUT2D eigenvalue weighted by Gasteiger charge is 2.54. The number of aromatic amines is 1. The maximum Gasteiger partial charge on any atom is 0.245 e. The molecule has 8 rings (SSSR count). The second-order valence-electron chi connectivity index (χ2n) is 28.2. The number of ether oxygens (including phenoxy) is 3. The normalized spacial score (nSPS) is 29.6. The molecule has 0 radical (unpaired) electrons. The fraction of sp³-hybridized carbons (Fsp3) is 0.577. The molecule has 0 spiro atoms. The fourth-order valence-electron chi connectivity index (χ4n) is 12.9. The first-order valence-corrected chi connectivity index (χ1v) is 38.7. The number of carbonyl (C=O) groups excluding carboxylic acids is 9. The van der Waals surface area contributed by atoms with Crippen molar-refractivity contribution >= 4 is 114 Å². The summed E-state index contributed by atoms with van der Waals surface area (Å²) in [6.07, 6.45) is -16.6. The van der Waals surface area contributed by atoms with E-state index < -0.39 is 206 Å². The van der Waals surface area contributed by atoms with Crippen molar-refractivity contribution in [2.45, 2.75) is 201 Å². The van der Waals surface area contributed by atoms with Gasteiger partial charge in [0.15, 0.2) is 6.29 Å². The highest BCUT2D eigenvalue weighted by Crippen LogP contribution is 2.35. The number of H-pyrrole nitrogens is 1. The van der Waals surface area contributed by atoms with Crippen LogP contribution in [0.5, 0.6) is 5.75 Å². The third-order valence-corrected chi connectivity index (χ3v) is 22.4. The molecule has 3 aromatic carbocycles. The number of aliphatic imine (C=N–C) groups is 1. The van der Waals surface area contributed by atoms with Crippen molar-refractivity contribution in [3.63, 3.8) is 0 Å². The Morgan fingerprint density at radius 3 is 2.07 bits per heavy atom. The molecule has 36 heteroatoms. The van der Waals surface area contributed by atoms with Crippen LogP contribution in [0.25, 0.3) is 10.9 Å². The number of ketones is 2. The van der Waals surface area contributed by atoms with Crippen LogP contribution in [0, 0.1) is 14.9 Å². The van der Waals surface area contributed by atoms with E-state index in [1.165, 1.54) is 26.0 Å². The van der Waals surface area contributed by atoms with Crippen molar-refractivity contribution in [1.29, 1.82) is 0 Å². The Balaban J connectivity index is 1.15. The first-order valence-electron chi connectivity index (χ1n) is 35.1. The first-order chi connectivity index (χ1) is 50.7. The summed E-state index contributed by atoms with van der Waals surface area (Å²) < 4.78 is 17.1. The number of fused-ring (bicyclic) bond motifs is 1. The molecule has 1 aromatic heterocycles. The highest BCUT2D eigenvalue weighted by molar-refractivity contribution is 14.1. The average Bonchev–Trinajstić information content (AvgIpc) is 1.35. The first kappa shape index (κ1) is 85.8. The number of phenolic OH excluding ortho intramolecular Hbond substituents is 1. The Hall–Kier alpha value is -6.83. The number of aliphatic hydroxyl groups is 10. The maximum absolute atomic E-state index is 15.4. The molecule has 33 nitrogen and oxygen atoms in total. The Morgan fingerprint density at radius 2 is 1.41 bits per heavy atom. The average molecular weight is 1650 g/mol. The summed E-state index contributed by atoms with van der Waals surface area (Å²) in [4.78, 5) is 139. The number of rotatable bonds is 25. The molecule has 1 saturated carbocycles. The Bertz CT molecular complexity index is 3760. The van der Waals surface area contributed by atoms with Crippen molar-refractivity contribution in [2.24, 2.45) is 16.3 Å². The number of amides is 7. The molecule has 19 atom stereocenters. The van der Waals surface area contributed by atoms with E-state index in [9.17, 15) is 80.1 Å². The molecule has 3 aliphatic heterocycles. The zero-order chi connectivity index (χ0) is 78.2. The Kier molecular flexibility index (Phi) is 31.4. The number of nitrogens with one attached hydrogen (secondary N) is 9. The van der Waals surface area contributed by atoms with E-state index in [4.69, 9.17) is 14.2 Å². The SMILES string of the molecule is CC(=NCCCC[C@@H]1NC(=O)[C@@H](Cc2c[nH]c3ccccc23)NC(=O)[C@H](Cc2ccc(O)c(I)c2)NC(=O)[C@@H](NC(=O)[C@@H](Cc2ccccc2)NC[C@@]2(O)OC[C@@H](O)[C@@H](O[C@H]3O[C@H](CO)[C@@H](O)[C@H](O)[C@H]3O)[C@@H]2O)CSSC[C@@H](C(=O)N[C@@H](CO)[C@@H](C)O)NC(=O)[C@H]([C@@H](C)O)NC1=O)C1C(=O)CC(C)(C)CC1=O. The predicted octanol–water partition coefficient (Wildman–Crippen LogP) is -3.16. The number of phenols is 1. The molecule has 107 heavy (non-hydrogen) atoms. The largest absolute Gasteiger partial charge is 0.507 e. The van der Waals surface area contributed by atoms with E-state index in [1.807, 2.05) is 36.4 Å². The number of nitrogens with zero attached hydrogens (tertiary/aromatic N) is 1. The van der Waals surface area contributed by atoms with E-state index in [1.54, 1.807) is 73.8 Å². The summed E-state index contributed by atoms with van der Waals surface area (Å²) in [6.45, 7) is 4.61. The number of Topliss-reactive ketones (excluding diaryl/α,β-unsaturated/α-hetero) is 2. The van der Waals surface area contributed by atoms with Crippen LogP contribution >= 0.6 is 44.2 Å². The van der Waals surface area contributed by atoms with E-state index >= 15 is 19.2 Å². The molecule has 588 valence electrons. The summed E-state index contributed by atoms with van der Waals surface area (Å²) in [5.74, 6) is -12.2. The third-order valence-electron chi connectivity index (χ3n) is 19.1. The second-order valence-corrected chi connectivity index (χ2v) is 31.9. The van der Waals surface area contributed by atoms with Crippen LogP contribution in [0.1, 0.15) is 83.4 Å². The Morgan fingerprint density at radius 1 is 0.766 bits per heavy atom. The fourth-order valence-corrected chi connectivity index (χ4v) is 15.8. The molecule has 4 heterocycles. The van der Waals surface area contributed by atoms with Gasteiger partial charge in [-0.25, -0.2) is 0 Å². The maximum atomic E-state index is 15.4. The molecular weight excluding hydrogens is 1550 g/mol. The number of hydrogen-bond acceptors (Lipinski definition) is 27. The number of hydrogen-bond donors (Lipinski definition) is 20. The zero-order valence-corrected chi connectivity index (χ0v) is 63.3. The summed E-state index contributed by atoms with van der Waals surface area (Å²) in [5.41, 5.74) is 1.86. The van der Waals surface area contributed by atoms with Crippen LogP contribution in [0.2, 0.25) is 0 Å². The smallest absolute Gasteiger partial charge is 0.245 e. The number of unbranched alkanes of at least 4 members (excludes halogenated alkanes) is 1. The quantitative estimate of drug-likeness (QED) is 0.0102. The minimum atomic E-state index is -2.74.